The molecule has 1 unspecified atom stereocenters. The Balaban J connectivity index is 2.23. The number of allylic oxidation sites excluding steroid dienone is 2. The van der Waals surface area contributed by atoms with Crippen LogP contribution in [0.4, 0.5) is 0 Å². The van der Waals surface area contributed by atoms with Gasteiger partial charge in [-0.3, -0.25) is 0 Å². The van der Waals surface area contributed by atoms with Gasteiger partial charge in [-0.2, -0.15) is 0 Å². The smallest absolute Gasteiger partial charge is 0.0251 e. The van der Waals surface area contributed by atoms with E-state index >= 15 is 0 Å². The van der Waals surface area contributed by atoms with Crippen LogP contribution < -0.4 is 0 Å². The zero-order valence-corrected chi connectivity index (χ0v) is 4.83. The second kappa shape index (κ2) is 1.05. The molecule has 1 fully saturated rings. The summed E-state index contributed by atoms with van der Waals surface area (Å²) in [6.45, 7) is 0. The van der Waals surface area contributed by atoms with Crippen LogP contribution in [0, 0.1) is 5.92 Å². The Morgan fingerprint density at radius 2 is 2.43 bits per heavy atom. The third-order valence-corrected chi connectivity index (χ3v) is 2.40. The third-order valence-electron chi connectivity index (χ3n) is 1.89. The van der Waals surface area contributed by atoms with Gasteiger partial charge in [0.1, 0.15) is 0 Å². The van der Waals surface area contributed by atoms with E-state index in [4.69, 9.17) is 11.6 Å². The average Bonchev–Trinajstić information content (AvgIpc) is 2.26. The Labute approximate surface area is 48.2 Å². The fourth-order valence-electron chi connectivity index (χ4n) is 1.38. The molecule has 38 valence electrons. The van der Waals surface area contributed by atoms with Crippen molar-refractivity contribution in [2.24, 2.45) is 5.92 Å². The molecule has 2 aliphatic carbocycles. The van der Waals surface area contributed by atoms with Gasteiger partial charge in [0.25, 0.3) is 0 Å². The normalized spacial score (nSPS) is 36.4. The molecule has 1 atom stereocenters. The largest absolute Gasteiger partial charge is 0.0885 e. The van der Waals surface area contributed by atoms with Gasteiger partial charge in [-0.1, -0.05) is 11.6 Å². The van der Waals surface area contributed by atoms with Crippen LogP contribution in [-0.4, -0.2) is 0 Å². The van der Waals surface area contributed by atoms with Crippen LogP contribution >= 0.6 is 11.6 Å². The molecule has 1 heteroatoms. The molecule has 2 aliphatic rings. The molecule has 0 nitrogen and oxygen atoms in total. The van der Waals surface area contributed by atoms with Gasteiger partial charge < -0.3 is 0 Å². The molecule has 0 amide bonds. The van der Waals surface area contributed by atoms with Gasteiger partial charge in [0.05, 0.1) is 0 Å². The van der Waals surface area contributed by atoms with Crippen LogP contribution in [0.1, 0.15) is 19.3 Å². The molecule has 0 aromatic rings. The topological polar surface area (TPSA) is 0 Å². The molecule has 2 rings (SSSR count). The quantitative estimate of drug-likeness (QED) is 0.453. The molecular weight excluding hydrogens is 108 g/mol. The first-order valence-electron chi connectivity index (χ1n) is 2.78. The Bertz CT molecular complexity index is 135. The molecule has 0 saturated heterocycles. The van der Waals surface area contributed by atoms with E-state index in [1.165, 1.54) is 24.3 Å². The molecule has 0 aromatic carbocycles. The van der Waals surface area contributed by atoms with Gasteiger partial charge in [-0.25, -0.2) is 0 Å². The summed E-state index contributed by atoms with van der Waals surface area (Å²) < 4.78 is 0. The Morgan fingerprint density at radius 1 is 1.57 bits per heavy atom. The molecule has 0 radical (unpaired) electrons. The van der Waals surface area contributed by atoms with Crippen molar-refractivity contribution >= 4 is 11.6 Å². The highest BCUT2D eigenvalue weighted by Gasteiger charge is 2.38. The number of halogens is 1. The maximum Gasteiger partial charge on any atom is 0.0251 e. The van der Waals surface area contributed by atoms with E-state index < -0.39 is 0 Å². The van der Waals surface area contributed by atoms with Crippen LogP contribution in [0.25, 0.3) is 0 Å². The first-order valence-corrected chi connectivity index (χ1v) is 3.16. The lowest BCUT2D eigenvalue weighted by Crippen LogP contribution is -1.68. The summed E-state index contributed by atoms with van der Waals surface area (Å²) >= 11 is 5.73. The highest BCUT2D eigenvalue weighted by molar-refractivity contribution is 6.33. The predicted octanol–water partition coefficient (Wildman–Crippen LogP) is 2.29. The maximum atomic E-state index is 5.73. The van der Waals surface area contributed by atoms with Gasteiger partial charge in [0.2, 0.25) is 0 Å². The first-order chi connectivity index (χ1) is 3.39. The van der Waals surface area contributed by atoms with Crippen LogP contribution in [0.3, 0.4) is 0 Å². The Hall–Kier alpha value is 0.0300. The summed E-state index contributed by atoms with van der Waals surface area (Å²) in [4.78, 5) is 0. The summed E-state index contributed by atoms with van der Waals surface area (Å²) in [6.07, 6.45) is 4.02. The van der Waals surface area contributed by atoms with Gasteiger partial charge in [-0.15, -0.1) is 0 Å². The van der Waals surface area contributed by atoms with Crippen LogP contribution in [0.15, 0.2) is 10.6 Å². The van der Waals surface area contributed by atoms with Crippen molar-refractivity contribution in [2.45, 2.75) is 19.3 Å². The van der Waals surface area contributed by atoms with Gasteiger partial charge >= 0.3 is 0 Å². The van der Waals surface area contributed by atoms with Crippen molar-refractivity contribution in [1.29, 1.82) is 0 Å². The van der Waals surface area contributed by atoms with E-state index in [0.29, 0.717) is 0 Å². The molecule has 0 aromatic heterocycles. The van der Waals surface area contributed by atoms with Gasteiger partial charge in [-0.05, 0) is 24.8 Å². The molecule has 0 aliphatic heterocycles. The lowest BCUT2D eigenvalue weighted by atomic mass is 10.3. The lowest BCUT2D eigenvalue weighted by molar-refractivity contribution is 0.799. The van der Waals surface area contributed by atoms with Crippen molar-refractivity contribution in [1.82, 2.24) is 0 Å². The standard InChI is InChI=1S/C6H7Cl/c7-6-4-2-1-3-5(4)6/h4H,1-3H2. The molecule has 7 heavy (non-hydrogen) atoms. The summed E-state index contributed by atoms with van der Waals surface area (Å²) in [7, 11) is 0. The third kappa shape index (κ3) is 0.381. The monoisotopic (exact) mass is 114 g/mol. The Kier molecular flexibility index (Phi) is 0.597. The lowest BCUT2D eigenvalue weighted by Gasteiger charge is -1.82. The summed E-state index contributed by atoms with van der Waals surface area (Å²) in [5, 5.41) is 1.19. The van der Waals surface area contributed by atoms with E-state index in [9.17, 15) is 0 Å². The number of rotatable bonds is 0. The van der Waals surface area contributed by atoms with Gasteiger partial charge in [0.15, 0.2) is 0 Å². The Morgan fingerprint density at radius 3 is 2.71 bits per heavy atom. The molecule has 0 heterocycles. The summed E-state index contributed by atoms with van der Waals surface area (Å²) in [5.41, 5.74) is 1.56. The van der Waals surface area contributed by atoms with E-state index in [2.05, 4.69) is 0 Å². The minimum atomic E-state index is 0.779. The molecule has 1 saturated carbocycles. The van der Waals surface area contributed by atoms with Crippen LogP contribution in [0.5, 0.6) is 0 Å². The fraction of sp³-hybridized carbons (Fsp3) is 0.667. The fourth-order valence-corrected chi connectivity index (χ4v) is 1.79. The number of hydrogen-bond donors (Lipinski definition) is 0. The summed E-state index contributed by atoms with van der Waals surface area (Å²) in [5.74, 6) is 0.779. The highest BCUT2D eigenvalue weighted by atomic mass is 35.5. The van der Waals surface area contributed by atoms with Gasteiger partial charge in [0, 0.05) is 11.0 Å². The molecule has 0 spiro atoms. The predicted molar refractivity (Wildman–Crippen MR) is 30.2 cm³/mol. The average molecular weight is 115 g/mol. The van der Waals surface area contributed by atoms with Crippen molar-refractivity contribution in [2.75, 3.05) is 0 Å². The van der Waals surface area contributed by atoms with Crippen molar-refractivity contribution in [3.8, 4) is 0 Å². The maximum absolute atomic E-state index is 5.73. The number of fused-ring (bicyclic) bond motifs is 1. The summed E-state index contributed by atoms with van der Waals surface area (Å²) in [6, 6.07) is 0. The zero-order valence-electron chi connectivity index (χ0n) is 4.08. The zero-order chi connectivity index (χ0) is 4.85. The van der Waals surface area contributed by atoms with E-state index in [0.717, 1.165) is 5.92 Å². The van der Waals surface area contributed by atoms with E-state index in [-0.39, 0.29) is 0 Å². The molecular formula is C6H7Cl. The van der Waals surface area contributed by atoms with Crippen molar-refractivity contribution in [3.05, 3.63) is 10.6 Å². The number of hydrogen-bond acceptors (Lipinski definition) is 0. The minimum Gasteiger partial charge on any atom is -0.0885 e. The van der Waals surface area contributed by atoms with Crippen molar-refractivity contribution in [3.63, 3.8) is 0 Å². The SMILES string of the molecule is ClC1=C2CCCC12. The minimum absolute atomic E-state index is 0.779. The second-order valence-corrected chi connectivity index (χ2v) is 2.73. The van der Waals surface area contributed by atoms with Crippen LogP contribution in [-0.2, 0) is 0 Å². The van der Waals surface area contributed by atoms with Crippen molar-refractivity contribution < 1.29 is 0 Å². The van der Waals surface area contributed by atoms with E-state index in [1.807, 2.05) is 0 Å². The second-order valence-electron chi connectivity index (χ2n) is 2.32. The van der Waals surface area contributed by atoms with E-state index in [1.54, 1.807) is 5.57 Å². The molecule has 0 N–H and O–H groups in total. The van der Waals surface area contributed by atoms with Crippen LogP contribution in [0.2, 0.25) is 0 Å². The molecule has 0 bridgehead atoms. The first kappa shape index (κ1) is 3.96. The highest BCUT2D eigenvalue weighted by Crippen LogP contribution is 2.53.